The van der Waals surface area contributed by atoms with Crippen molar-refractivity contribution in [2.45, 2.75) is 24.7 Å². The van der Waals surface area contributed by atoms with Crippen LogP contribution in [0.1, 0.15) is 18.9 Å². The molecule has 0 saturated carbocycles. The summed E-state index contributed by atoms with van der Waals surface area (Å²) in [6, 6.07) is 15.8. The van der Waals surface area contributed by atoms with Gasteiger partial charge in [-0.2, -0.15) is 0 Å². The summed E-state index contributed by atoms with van der Waals surface area (Å²) in [6.07, 6.45) is 0.392. The van der Waals surface area contributed by atoms with Crippen LogP contribution in [0.3, 0.4) is 0 Å². The molecule has 0 aliphatic rings. The standard InChI is InChI=1S/C21H25BrN2O5S/c1-2-29-21(26)17(13-16-7-4-3-5-8-16)15-23-20(25)11-12-24-30(27,28)19-10-6-9-18(22)14-19/h3-10,14,17,24H,2,11-13,15H2,1H3,(H,23,25). The average molecular weight is 497 g/mol. The highest BCUT2D eigenvalue weighted by atomic mass is 79.9. The number of esters is 1. The molecule has 2 N–H and O–H groups in total. The molecule has 0 fully saturated rings. The van der Waals surface area contributed by atoms with Crippen LogP contribution in [-0.2, 0) is 30.8 Å². The first-order valence-corrected chi connectivity index (χ1v) is 11.8. The molecule has 162 valence electrons. The first kappa shape index (κ1) is 24.0. The smallest absolute Gasteiger partial charge is 0.311 e. The van der Waals surface area contributed by atoms with Gasteiger partial charge in [-0.25, -0.2) is 13.1 Å². The molecule has 2 aromatic carbocycles. The second kappa shape index (κ2) is 11.8. The largest absolute Gasteiger partial charge is 0.466 e. The Hall–Kier alpha value is -2.23. The lowest BCUT2D eigenvalue weighted by molar-refractivity contribution is -0.147. The Labute approximate surface area is 185 Å². The zero-order valence-electron chi connectivity index (χ0n) is 16.6. The maximum Gasteiger partial charge on any atom is 0.311 e. The van der Waals surface area contributed by atoms with E-state index in [4.69, 9.17) is 4.74 Å². The van der Waals surface area contributed by atoms with E-state index in [9.17, 15) is 18.0 Å². The summed E-state index contributed by atoms with van der Waals surface area (Å²) in [4.78, 5) is 24.5. The Morgan fingerprint density at radius 3 is 2.50 bits per heavy atom. The van der Waals surface area contributed by atoms with Crippen LogP contribution >= 0.6 is 15.9 Å². The van der Waals surface area contributed by atoms with E-state index in [-0.39, 0.29) is 42.9 Å². The van der Waals surface area contributed by atoms with Crippen LogP contribution in [0.4, 0.5) is 0 Å². The third-order valence-electron chi connectivity index (χ3n) is 4.24. The predicted molar refractivity (Wildman–Crippen MR) is 117 cm³/mol. The molecule has 2 rings (SSSR count). The second-order valence-electron chi connectivity index (χ2n) is 6.55. The van der Waals surface area contributed by atoms with Gasteiger partial charge in [0.2, 0.25) is 15.9 Å². The van der Waals surface area contributed by atoms with E-state index in [1.54, 1.807) is 19.1 Å². The summed E-state index contributed by atoms with van der Waals surface area (Å²) in [7, 11) is -3.71. The molecule has 0 aromatic heterocycles. The lowest BCUT2D eigenvalue weighted by atomic mass is 9.99. The molecule has 7 nitrogen and oxygen atoms in total. The maximum atomic E-state index is 12.3. The zero-order valence-corrected chi connectivity index (χ0v) is 19.0. The Morgan fingerprint density at radius 1 is 1.10 bits per heavy atom. The quantitative estimate of drug-likeness (QED) is 0.465. The number of benzene rings is 2. The van der Waals surface area contributed by atoms with Crippen molar-refractivity contribution < 1.29 is 22.7 Å². The molecule has 9 heteroatoms. The molecule has 1 atom stereocenters. The van der Waals surface area contributed by atoms with Crippen LogP contribution in [0.5, 0.6) is 0 Å². The molecule has 0 bridgehead atoms. The van der Waals surface area contributed by atoms with Gasteiger partial charge in [0.05, 0.1) is 17.4 Å². The molecule has 0 spiro atoms. The Kier molecular flexibility index (Phi) is 9.48. The van der Waals surface area contributed by atoms with Gasteiger partial charge in [-0.1, -0.05) is 52.3 Å². The monoisotopic (exact) mass is 496 g/mol. The fourth-order valence-electron chi connectivity index (χ4n) is 2.74. The zero-order chi connectivity index (χ0) is 22.0. The molecule has 0 saturated heterocycles. The molecule has 1 unspecified atom stereocenters. The topological polar surface area (TPSA) is 102 Å². The van der Waals surface area contributed by atoms with E-state index in [0.717, 1.165) is 5.56 Å². The third-order valence-corrected chi connectivity index (χ3v) is 6.19. The molecule has 0 aliphatic heterocycles. The van der Waals surface area contributed by atoms with Crippen molar-refractivity contribution in [3.05, 3.63) is 64.6 Å². The number of ether oxygens (including phenoxy) is 1. The van der Waals surface area contributed by atoms with Gasteiger partial charge < -0.3 is 10.1 Å². The Balaban J connectivity index is 1.85. The van der Waals surface area contributed by atoms with Gasteiger partial charge in [-0.3, -0.25) is 9.59 Å². The highest BCUT2D eigenvalue weighted by Gasteiger charge is 2.21. The number of nitrogens with one attached hydrogen (secondary N) is 2. The van der Waals surface area contributed by atoms with Crippen LogP contribution in [0.2, 0.25) is 0 Å². The summed E-state index contributed by atoms with van der Waals surface area (Å²) in [5.41, 5.74) is 0.964. The number of hydrogen-bond donors (Lipinski definition) is 2. The van der Waals surface area contributed by atoms with Crippen molar-refractivity contribution in [3.8, 4) is 0 Å². The molecular formula is C21H25BrN2O5S. The lowest BCUT2D eigenvalue weighted by Crippen LogP contribution is -2.36. The number of sulfonamides is 1. The number of hydrogen-bond acceptors (Lipinski definition) is 5. The van der Waals surface area contributed by atoms with E-state index >= 15 is 0 Å². The van der Waals surface area contributed by atoms with Gasteiger partial charge in [0.1, 0.15) is 0 Å². The summed E-state index contributed by atoms with van der Waals surface area (Å²) in [6.45, 7) is 2.05. The molecule has 0 heterocycles. The first-order chi connectivity index (χ1) is 14.3. The lowest BCUT2D eigenvalue weighted by Gasteiger charge is -2.16. The number of rotatable bonds is 11. The number of carbonyl (C=O) groups is 2. The second-order valence-corrected chi connectivity index (χ2v) is 9.23. The van der Waals surface area contributed by atoms with E-state index in [1.165, 1.54) is 12.1 Å². The number of halogens is 1. The minimum absolute atomic E-state index is 0.0475. The van der Waals surface area contributed by atoms with Gasteiger partial charge in [-0.05, 0) is 37.1 Å². The van der Waals surface area contributed by atoms with Gasteiger partial charge >= 0.3 is 5.97 Å². The van der Waals surface area contributed by atoms with Crippen molar-refractivity contribution in [2.24, 2.45) is 5.92 Å². The van der Waals surface area contributed by atoms with Crippen molar-refractivity contribution in [2.75, 3.05) is 19.7 Å². The van der Waals surface area contributed by atoms with Crippen LogP contribution in [0, 0.1) is 5.92 Å². The van der Waals surface area contributed by atoms with Crippen molar-refractivity contribution >= 4 is 37.8 Å². The number of amides is 1. The molecule has 1 amide bonds. The SMILES string of the molecule is CCOC(=O)C(CNC(=O)CCNS(=O)(=O)c1cccc(Br)c1)Cc1ccccc1. The van der Waals surface area contributed by atoms with Gasteiger partial charge in [0, 0.05) is 24.0 Å². The van der Waals surface area contributed by atoms with Crippen LogP contribution in [0.15, 0.2) is 64.0 Å². The Bertz CT molecular complexity index is 951. The normalized spacial score (nSPS) is 12.2. The summed E-state index contributed by atoms with van der Waals surface area (Å²) in [5.74, 6) is -1.25. The molecule has 2 aromatic rings. The molecule has 0 aliphatic carbocycles. The summed E-state index contributed by atoms with van der Waals surface area (Å²) >= 11 is 3.23. The van der Waals surface area contributed by atoms with Crippen molar-refractivity contribution in [1.82, 2.24) is 10.0 Å². The van der Waals surface area contributed by atoms with Gasteiger partial charge in [-0.15, -0.1) is 0 Å². The van der Waals surface area contributed by atoms with Gasteiger partial charge in [0.15, 0.2) is 0 Å². The third kappa shape index (κ3) is 7.89. The van der Waals surface area contributed by atoms with Gasteiger partial charge in [0.25, 0.3) is 0 Å². The van der Waals surface area contributed by atoms with Crippen molar-refractivity contribution in [1.29, 1.82) is 0 Å². The highest BCUT2D eigenvalue weighted by Crippen LogP contribution is 2.15. The van der Waals surface area contributed by atoms with Crippen LogP contribution in [0.25, 0.3) is 0 Å². The van der Waals surface area contributed by atoms with Crippen molar-refractivity contribution in [3.63, 3.8) is 0 Å². The molecule has 0 radical (unpaired) electrons. The highest BCUT2D eigenvalue weighted by molar-refractivity contribution is 9.10. The van der Waals surface area contributed by atoms with Crippen LogP contribution in [-0.4, -0.2) is 40.0 Å². The number of carbonyl (C=O) groups excluding carboxylic acids is 2. The minimum atomic E-state index is -3.71. The fourth-order valence-corrected chi connectivity index (χ4v) is 4.37. The first-order valence-electron chi connectivity index (χ1n) is 9.54. The summed E-state index contributed by atoms with van der Waals surface area (Å²) < 4.78 is 32.7. The van der Waals surface area contributed by atoms with Crippen LogP contribution < -0.4 is 10.0 Å². The van der Waals surface area contributed by atoms with E-state index in [1.807, 2.05) is 30.3 Å². The van der Waals surface area contributed by atoms with E-state index in [0.29, 0.717) is 10.9 Å². The Morgan fingerprint density at radius 2 is 1.83 bits per heavy atom. The predicted octanol–water partition coefficient (Wildman–Crippen LogP) is 2.66. The minimum Gasteiger partial charge on any atom is -0.466 e. The maximum absolute atomic E-state index is 12.3. The average Bonchev–Trinajstić information content (AvgIpc) is 2.72. The molecular weight excluding hydrogens is 472 g/mol. The fraction of sp³-hybridized carbons (Fsp3) is 0.333. The molecule has 30 heavy (non-hydrogen) atoms. The van der Waals surface area contributed by atoms with E-state index in [2.05, 4.69) is 26.0 Å². The van der Waals surface area contributed by atoms with E-state index < -0.39 is 15.9 Å². The summed E-state index contributed by atoms with van der Waals surface area (Å²) in [5, 5.41) is 2.70.